The van der Waals surface area contributed by atoms with Crippen molar-refractivity contribution in [3.8, 4) is 0 Å². The Kier molecular flexibility index (Phi) is 4.58. The van der Waals surface area contributed by atoms with Gasteiger partial charge in [0, 0.05) is 19.3 Å². The number of morpholine rings is 1. The summed E-state index contributed by atoms with van der Waals surface area (Å²) in [5, 5.41) is 0.298. The molecule has 2 heterocycles. The molecule has 1 aliphatic heterocycles. The molecule has 27 heavy (non-hydrogen) atoms. The summed E-state index contributed by atoms with van der Waals surface area (Å²) in [5.74, 6) is -0.411. The second kappa shape index (κ2) is 7.04. The van der Waals surface area contributed by atoms with Crippen molar-refractivity contribution in [3.05, 3.63) is 70.3 Å². The molecule has 0 radical (unpaired) electrons. The molecular formula is C21H22FN3O2. The Balaban J connectivity index is 1.92. The molecule has 0 amide bonds. The summed E-state index contributed by atoms with van der Waals surface area (Å²) in [7, 11) is 0. The highest BCUT2D eigenvalue weighted by atomic mass is 19.1. The Morgan fingerprint density at radius 1 is 1.15 bits per heavy atom. The second-order valence-corrected chi connectivity index (χ2v) is 6.83. The molecule has 3 aromatic rings. The van der Waals surface area contributed by atoms with Crippen molar-refractivity contribution < 1.29 is 9.13 Å². The molecule has 0 aliphatic carbocycles. The molecule has 1 atom stereocenters. The quantitative estimate of drug-likeness (QED) is 0.772. The molecule has 0 spiro atoms. The number of hydrogen-bond acceptors (Lipinski definition) is 4. The molecular weight excluding hydrogens is 345 g/mol. The predicted octanol–water partition coefficient (Wildman–Crippen LogP) is 3.17. The van der Waals surface area contributed by atoms with E-state index in [1.54, 1.807) is 12.3 Å². The van der Waals surface area contributed by atoms with Crippen LogP contribution in [0.2, 0.25) is 0 Å². The SMILES string of the molecule is CC(c1ccccc1)n1cc(N)c(=O)c2cc(F)c(N3CCOCC3)cc21. The largest absolute Gasteiger partial charge is 0.394 e. The molecule has 2 aromatic carbocycles. The van der Waals surface area contributed by atoms with E-state index in [9.17, 15) is 9.18 Å². The molecule has 1 aromatic heterocycles. The first kappa shape index (κ1) is 17.5. The van der Waals surface area contributed by atoms with Crippen LogP contribution in [0, 0.1) is 5.82 Å². The van der Waals surface area contributed by atoms with Crippen molar-refractivity contribution >= 4 is 22.3 Å². The van der Waals surface area contributed by atoms with Gasteiger partial charge in [-0.05, 0) is 24.6 Å². The molecule has 0 saturated carbocycles. The monoisotopic (exact) mass is 367 g/mol. The highest BCUT2D eigenvalue weighted by Crippen LogP contribution is 2.29. The van der Waals surface area contributed by atoms with Crippen LogP contribution in [0.3, 0.4) is 0 Å². The predicted molar refractivity (Wildman–Crippen MR) is 106 cm³/mol. The first-order valence-electron chi connectivity index (χ1n) is 9.08. The number of benzene rings is 2. The lowest BCUT2D eigenvalue weighted by atomic mass is 10.1. The number of fused-ring (bicyclic) bond motifs is 1. The minimum absolute atomic E-state index is 0.0559. The third-order valence-corrected chi connectivity index (χ3v) is 5.18. The van der Waals surface area contributed by atoms with Gasteiger partial charge in [0.25, 0.3) is 0 Å². The minimum Gasteiger partial charge on any atom is -0.394 e. The highest BCUT2D eigenvalue weighted by Gasteiger charge is 2.20. The Morgan fingerprint density at radius 2 is 1.85 bits per heavy atom. The zero-order valence-electron chi connectivity index (χ0n) is 15.2. The molecule has 0 bridgehead atoms. The van der Waals surface area contributed by atoms with Crippen molar-refractivity contribution in [1.82, 2.24) is 4.57 Å². The highest BCUT2D eigenvalue weighted by molar-refractivity contribution is 5.85. The lowest BCUT2D eigenvalue weighted by Gasteiger charge is -2.30. The van der Waals surface area contributed by atoms with Crippen LogP contribution >= 0.6 is 0 Å². The maximum absolute atomic E-state index is 14.8. The standard InChI is InChI=1S/C21H22FN3O2/c1-14(15-5-3-2-4-6-15)25-13-18(23)21(26)16-11-17(22)20(12-19(16)25)24-7-9-27-10-8-24/h2-6,11-14H,7-10,23H2,1H3. The van der Waals surface area contributed by atoms with E-state index in [1.165, 1.54) is 6.07 Å². The Morgan fingerprint density at radius 3 is 2.56 bits per heavy atom. The van der Waals surface area contributed by atoms with Crippen LogP contribution in [0.1, 0.15) is 18.5 Å². The van der Waals surface area contributed by atoms with Crippen molar-refractivity contribution in [2.45, 2.75) is 13.0 Å². The fraction of sp³-hybridized carbons (Fsp3) is 0.286. The first-order chi connectivity index (χ1) is 13.1. The molecule has 140 valence electrons. The van der Waals surface area contributed by atoms with Gasteiger partial charge in [-0.15, -0.1) is 0 Å². The molecule has 1 unspecified atom stereocenters. The van der Waals surface area contributed by atoms with E-state index >= 15 is 0 Å². The van der Waals surface area contributed by atoms with Crippen LogP contribution in [0.25, 0.3) is 10.9 Å². The topological polar surface area (TPSA) is 60.5 Å². The molecule has 1 aliphatic rings. The van der Waals surface area contributed by atoms with Gasteiger partial charge in [-0.3, -0.25) is 4.79 Å². The van der Waals surface area contributed by atoms with Gasteiger partial charge < -0.3 is 19.9 Å². The normalized spacial score (nSPS) is 15.9. The minimum atomic E-state index is -0.411. The summed E-state index contributed by atoms with van der Waals surface area (Å²) in [4.78, 5) is 14.5. The molecule has 1 saturated heterocycles. The summed E-state index contributed by atoms with van der Waals surface area (Å²) in [6.45, 7) is 4.40. The van der Waals surface area contributed by atoms with Gasteiger partial charge in [0.15, 0.2) is 0 Å². The van der Waals surface area contributed by atoms with Crippen molar-refractivity contribution in [2.75, 3.05) is 36.9 Å². The number of nitrogen functional groups attached to an aromatic ring is 1. The second-order valence-electron chi connectivity index (χ2n) is 6.83. The van der Waals surface area contributed by atoms with Gasteiger partial charge >= 0.3 is 0 Å². The van der Waals surface area contributed by atoms with E-state index in [-0.39, 0.29) is 17.2 Å². The average molecular weight is 367 g/mol. The van der Waals surface area contributed by atoms with E-state index in [0.29, 0.717) is 42.9 Å². The van der Waals surface area contributed by atoms with Crippen molar-refractivity contribution in [2.24, 2.45) is 0 Å². The van der Waals surface area contributed by atoms with E-state index in [2.05, 4.69) is 0 Å². The van der Waals surface area contributed by atoms with E-state index in [0.717, 1.165) is 5.56 Å². The zero-order chi connectivity index (χ0) is 19.0. The van der Waals surface area contributed by atoms with Gasteiger partial charge in [0.1, 0.15) is 5.82 Å². The van der Waals surface area contributed by atoms with Gasteiger partial charge in [-0.1, -0.05) is 30.3 Å². The number of aromatic nitrogens is 1. The smallest absolute Gasteiger partial charge is 0.212 e. The number of ether oxygens (including phenoxy) is 1. The number of pyridine rings is 1. The van der Waals surface area contributed by atoms with Crippen LogP contribution < -0.4 is 16.1 Å². The van der Waals surface area contributed by atoms with Gasteiger partial charge in [0.2, 0.25) is 5.43 Å². The van der Waals surface area contributed by atoms with Crippen LogP contribution in [-0.2, 0) is 4.74 Å². The summed E-state index contributed by atoms with van der Waals surface area (Å²) >= 11 is 0. The lowest BCUT2D eigenvalue weighted by Crippen LogP contribution is -2.36. The fourth-order valence-corrected chi connectivity index (χ4v) is 3.64. The van der Waals surface area contributed by atoms with Gasteiger partial charge in [-0.25, -0.2) is 4.39 Å². The maximum atomic E-state index is 14.8. The van der Waals surface area contributed by atoms with Crippen molar-refractivity contribution in [1.29, 1.82) is 0 Å². The van der Waals surface area contributed by atoms with Crippen LogP contribution in [0.5, 0.6) is 0 Å². The summed E-state index contributed by atoms with van der Waals surface area (Å²) in [6.07, 6.45) is 1.66. The van der Waals surface area contributed by atoms with Crippen molar-refractivity contribution in [3.63, 3.8) is 0 Å². The first-order valence-corrected chi connectivity index (χ1v) is 9.08. The number of nitrogens with two attached hydrogens (primary N) is 1. The van der Waals surface area contributed by atoms with Gasteiger partial charge in [0.05, 0.1) is 41.5 Å². The molecule has 5 nitrogen and oxygen atoms in total. The van der Waals surface area contributed by atoms with E-state index in [4.69, 9.17) is 10.5 Å². The third kappa shape index (κ3) is 3.17. The van der Waals surface area contributed by atoms with Crippen LogP contribution in [0.15, 0.2) is 53.5 Å². The van der Waals surface area contributed by atoms with Gasteiger partial charge in [-0.2, -0.15) is 0 Å². The number of rotatable bonds is 3. The fourth-order valence-electron chi connectivity index (χ4n) is 3.64. The zero-order valence-corrected chi connectivity index (χ0v) is 15.2. The third-order valence-electron chi connectivity index (χ3n) is 5.18. The van der Waals surface area contributed by atoms with E-state index in [1.807, 2.05) is 46.7 Å². The van der Waals surface area contributed by atoms with Crippen LogP contribution in [0.4, 0.5) is 15.8 Å². The summed E-state index contributed by atoms with van der Waals surface area (Å²) in [5.41, 5.74) is 7.97. The Labute approximate surface area is 156 Å². The Bertz CT molecular complexity index is 1030. The molecule has 1 fully saturated rings. The number of hydrogen-bond donors (Lipinski definition) is 1. The number of nitrogens with zero attached hydrogens (tertiary/aromatic N) is 2. The molecule has 2 N–H and O–H groups in total. The van der Waals surface area contributed by atoms with E-state index < -0.39 is 5.82 Å². The average Bonchev–Trinajstić information content (AvgIpc) is 2.71. The number of anilines is 2. The molecule has 6 heteroatoms. The number of halogens is 1. The Hall–Kier alpha value is -2.86. The summed E-state index contributed by atoms with van der Waals surface area (Å²) < 4.78 is 22.1. The van der Waals surface area contributed by atoms with Crippen LogP contribution in [-0.4, -0.2) is 30.9 Å². The lowest BCUT2D eigenvalue weighted by molar-refractivity contribution is 0.122. The molecule has 4 rings (SSSR count). The maximum Gasteiger partial charge on any atom is 0.212 e. The summed E-state index contributed by atoms with van der Waals surface area (Å²) in [6, 6.07) is 13.0.